The fourth-order valence-corrected chi connectivity index (χ4v) is 3.41. The SMILES string of the molecule is CCC1(c2ccccc2)C=C(c2ccccc2)c2ccccc2O1. The lowest BCUT2D eigenvalue weighted by Gasteiger charge is -2.37. The molecule has 24 heavy (non-hydrogen) atoms. The number of fused-ring (bicyclic) bond motifs is 1. The van der Waals surface area contributed by atoms with E-state index < -0.39 is 5.60 Å². The van der Waals surface area contributed by atoms with Gasteiger partial charge in [0.15, 0.2) is 5.60 Å². The highest BCUT2D eigenvalue weighted by molar-refractivity contribution is 5.85. The maximum Gasteiger partial charge on any atom is 0.153 e. The molecule has 0 aromatic heterocycles. The minimum atomic E-state index is -0.430. The molecule has 4 rings (SSSR count). The molecule has 0 fully saturated rings. The zero-order chi connectivity index (χ0) is 16.4. The highest BCUT2D eigenvalue weighted by Gasteiger charge is 2.35. The van der Waals surface area contributed by atoms with E-state index in [1.807, 2.05) is 12.1 Å². The molecule has 0 spiro atoms. The van der Waals surface area contributed by atoms with Gasteiger partial charge in [0.25, 0.3) is 0 Å². The summed E-state index contributed by atoms with van der Waals surface area (Å²) in [6.07, 6.45) is 3.17. The Kier molecular flexibility index (Phi) is 3.70. The van der Waals surface area contributed by atoms with Crippen LogP contribution in [0.1, 0.15) is 30.0 Å². The van der Waals surface area contributed by atoms with Crippen LogP contribution in [0.5, 0.6) is 5.75 Å². The number of hydrogen-bond donors (Lipinski definition) is 0. The van der Waals surface area contributed by atoms with Gasteiger partial charge >= 0.3 is 0 Å². The highest BCUT2D eigenvalue weighted by atomic mass is 16.5. The summed E-state index contributed by atoms with van der Waals surface area (Å²) in [4.78, 5) is 0. The normalized spacial score (nSPS) is 19.1. The van der Waals surface area contributed by atoms with Gasteiger partial charge in [-0.25, -0.2) is 0 Å². The molecule has 0 aliphatic carbocycles. The van der Waals surface area contributed by atoms with Crippen LogP contribution < -0.4 is 4.74 Å². The Morgan fingerprint density at radius 1 is 0.750 bits per heavy atom. The van der Waals surface area contributed by atoms with Gasteiger partial charge in [0.05, 0.1) is 0 Å². The molecule has 118 valence electrons. The molecule has 3 aromatic carbocycles. The van der Waals surface area contributed by atoms with E-state index in [2.05, 4.69) is 85.8 Å². The third-order valence-electron chi connectivity index (χ3n) is 4.72. The lowest BCUT2D eigenvalue weighted by molar-refractivity contribution is 0.111. The van der Waals surface area contributed by atoms with Crippen LogP contribution in [0.3, 0.4) is 0 Å². The molecule has 1 aliphatic heterocycles. The Bertz CT molecular complexity index is 865. The van der Waals surface area contributed by atoms with Crippen molar-refractivity contribution in [2.75, 3.05) is 0 Å². The first-order chi connectivity index (χ1) is 11.8. The number of ether oxygens (including phenoxy) is 1. The van der Waals surface area contributed by atoms with E-state index in [1.165, 1.54) is 16.7 Å². The molecule has 0 radical (unpaired) electrons. The Hall–Kier alpha value is -2.80. The largest absolute Gasteiger partial charge is 0.478 e. The van der Waals surface area contributed by atoms with E-state index in [0.717, 1.165) is 17.7 Å². The van der Waals surface area contributed by atoms with Crippen LogP contribution in [-0.4, -0.2) is 0 Å². The number of hydrogen-bond acceptors (Lipinski definition) is 1. The van der Waals surface area contributed by atoms with Crippen molar-refractivity contribution in [3.63, 3.8) is 0 Å². The van der Waals surface area contributed by atoms with Gasteiger partial charge in [-0.05, 0) is 35.3 Å². The van der Waals surface area contributed by atoms with Gasteiger partial charge in [-0.15, -0.1) is 0 Å². The molecule has 1 aliphatic rings. The van der Waals surface area contributed by atoms with Gasteiger partial charge in [0.1, 0.15) is 5.75 Å². The molecule has 0 saturated carbocycles. The number of rotatable bonds is 3. The summed E-state index contributed by atoms with van der Waals surface area (Å²) in [6.45, 7) is 2.18. The third kappa shape index (κ3) is 2.43. The maximum absolute atomic E-state index is 6.53. The summed E-state index contributed by atoms with van der Waals surface area (Å²) in [5, 5.41) is 0. The minimum Gasteiger partial charge on any atom is -0.478 e. The predicted octanol–water partition coefficient (Wildman–Crippen LogP) is 5.82. The van der Waals surface area contributed by atoms with Crippen molar-refractivity contribution >= 4 is 5.57 Å². The average molecular weight is 312 g/mol. The fraction of sp³-hybridized carbons (Fsp3) is 0.130. The van der Waals surface area contributed by atoms with Crippen LogP contribution in [0.15, 0.2) is 91.0 Å². The summed E-state index contributed by atoms with van der Waals surface area (Å²) in [6, 6.07) is 29.4. The van der Waals surface area contributed by atoms with Gasteiger partial charge in [0, 0.05) is 5.56 Å². The standard InChI is InChI=1S/C23H20O/c1-2-23(19-13-7-4-8-14-19)17-21(18-11-5-3-6-12-18)20-15-9-10-16-22(20)24-23/h3-17H,2H2,1H3. The highest BCUT2D eigenvalue weighted by Crippen LogP contribution is 2.44. The van der Waals surface area contributed by atoms with Crippen LogP contribution in [0.2, 0.25) is 0 Å². The Labute approximate surface area is 143 Å². The first-order valence-electron chi connectivity index (χ1n) is 8.44. The quantitative estimate of drug-likeness (QED) is 0.592. The van der Waals surface area contributed by atoms with Gasteiger partial charge in [-0.3, -0.25) is 0 Å². The summed E-state index contributed by atoms with van der Waals surface area (Å²) in [5.74, 6) is 0.949. The average Bonchev–Trinajstić information content (AvgIpc) is 2.68. The van der Waals surface area contributed by atoms with Crippen molar-refractivity contribution in [2.45, 2.75) is 18.9 Å². The van der Waals surface area contributed by atoms with Gasteiger partial charge in [0.2, 0.25) is 0 Å². The lowest BCUT2D eigenvalue weighted by Crippen LogP contribution is -2.33. The zero-order valence-corrected chi connectivity index (χ0v) is 13.8. The van der Waals surface area contributed by atoms with Crippen LogP contribution in [0.25, 0.3) is 5.57 Å². The lowest BCUT2D eigenvalue weighted by atomic mass is 9.83. The van der Waals surface area contributed by atoms with E-state index in [9.17, 15) is 0 Å². The van der Waals surface area contributed by atoms with Crippen LogP contribution in [0.4, 0.5) is 0 Å². The maximum atomic E-state index is 6.53. The molecule has 0 N–H and O–H groups in total. The number of benzene rings is 3. The summed E-state index contributed by atoms with van der Waals surface area (Å²) < 4.78 is 6.53. The molecule has 1 heteroatoms. The number of para-hydroxylation sites is 1. The molecule has 1 nitrogen and oxygen atoms in total. The van der Waals surface area contributed by atoms with Crippen LogP contribution in [-0.2, 0) is 5.60 Å². The van der Waals surface area contributed by atoms with Gasteiger partial charge in [-0.1, -0.05) is 85.8 Å². The first-order valence-corrected chi connectivity index (χ1v) is 8.44. The van der Waals surface area contributed by atoms with Crippen molar-refractivity contribution in [1.82, 2.24) is 0 Å². The van der Waals surface area contributed by atoms with E-state index in [-0.39, 0.29) is 0 Å². The molecular weight excluding hydrogens is 292 g/mol. The molecule has 0 bridgehead atoms. The fourth-order valence-electron chi connectivity index (χ4n) is 3.41. The Morgan fingerprint density at radius 2 is 1.38 bits per heavy atom. The smallest absolute Gasteiger partial charge is 0.153 e. The van der Waals surface area contributed by atoms with E-state index >= 15 is 0 Å². The molecular formula is C23H20O. The topological polar surface area (TPSA) is 9.23 Å². The second-order valence-electron chi connectivity index (χ2n) is 6.13. The molecule has 1 unspecified atom stereocenters. The summed E-state index contributed by atoms with van der Waals surface area (Å²) in [7, 11) is 0. The second kappa shape index (κ2) is 6.01. The van der Waals surface area contributed by atoms with Gasteiger partial charge < -0.3 is 4.74 Å². The van der Waals surface area contributed by atoms with Crippen molar-refractivity contribution < 1.29 is 4.74 Å². The van der Waals surface area contributed by atoms with Crippen molar-refractivity contribution in [2.24, 2.45) is 0 Å². The monoisotopic (exact) mass is 312 g/mol. The minimum absolute atomic E-state index is 0.430. The van der Waals surface area contributed by atoms with Crippen LogP contribution >= 0.6 is 0 Å². The third-order valence-corrected chi connectivity index (χ3v) is 4.72. The van der Waals surface area contributed by atoms with E-state index in [0.29, 0.717) is 0 Å². The summed E-state index contributed by atoms with van der Waals surface area (Å²) in [5.41, 5.74) is 4.38. The summed E-state index contributed by atoms with van der Waals surface area (Å²) >= 11 is 0. The Balaban J connectivity index is 1.95. The van der Waals surface area contributed by atoms with Crippen molar-refractivity contribution in [3.8, 4) is 5.75 Å². The van der Waals surface area contributed by atoms with Gasteiger partial charge in [-0.2, -0.15) is 0 Å². The van der Waals surface area contributed by atoms with Crippen molar-refractivity contribution in [1.29, 1.82) is 0 Å². The molecule has 1 atom stereocenters. The first kappa shape index (κ1) is 14.8. The Morgan fingerprint density at radius 3 is 2.08 bits per heavy atom. The van der Waals surface area contributed by atoms with E-state index in [4.69, 9.17) is 4.74 Å². The second-order valence-corrected chi connectivity index (χ2v) is 6.13. The molecule has 1 heterocycles. The van der Waals surface area contributed by atoms with Crippen LogP contribution in [0, 0.1) is 0 Å². The van der Waals surface area contributed by atoms with E-state index in [1.54, 1.807) is 0 Å². The predicted molar refractivity (Wildman–Crippen MR) is 99.0 cm³/mol. The van der Waals surface area contributed by atoms with Crippen molar-refractivity contribution in [3.05, 3.63) is 108 Å². The molecule has 3 aromatic rings. The molecule has 0 saturated heterocycles. The molecule has 0 amide bonds. The zero-order valence-electron chi connectivity index (χ0n) is 13.8.